The van der Waals surface area contributed by atoms with E-state index in [1.807, 2.05) is 0 Å². The lowest BCUT2D eigenvalue weighted by Crippen LogP contribution is -2.50. The minimum atomic E-state index is -0.0842. The van der Waals surface area contributed by atoms with Gasteiger partial charge in [0.1, 0.15) is 0 Å². The predicted octanol–water partition coefficient (Wildman–Crippen LogP) is 7.16. The standard InChI is InChI=1S/C27H44O/c1-18(2)7-6-8-19(3)23-11-12-24-22-10-9-20-17-21(28)13-15-26(20,4)25(22)14-16-27(23,24)5/h6,8-9,18-19,21-25,28H,7,10-17H2,1-5H3/t19-,21-,22-,23+,24-,25-,26-,27+/m0/s1. The summed E-state index contributed by atoms with van der Waals surface area (Å²) in [5.74, 6) is 5.03. The lowest BCUT2D eigenvalue weighted by atomic mass is 9.47. The van der Waals surface area contributed by atoms with Crippen molar-refractivity contribution >= 4 is 0 Å². The van der Waals surface area contributed by atoms with E-state index in [1.165, 1.54) is 44.9 Å². The summed E-state index contributed by atoms with van der Waals surface area (Å²) in [6, 6.07) is 0. The van der Waals surface area contributed by atoms with Crippen LogP contribution in [-0.2, 0) is 0 Å². The fraction of sp³-hybridized carbons (Fsp3) is 0.852. The molecular weight excluding hydrogens is 340 g/mol. The molecule has 1 heteroatoms. The number of hydrogen-bond donors (Lipinski definition) is 1. The number of aliphatic hydroxyl groups excluding tert-OH is 1. The molecule has 4 aliphatic rings. The quantitative estimate of drug-likeness (QED) is 0.510. The predicted molar refractivity (Wildman–Crippen MR) is 119 cm³/mol. The molecule has 0 saturated heterocycles. The van der Waals surface area contributed by atoms with Gasteiger partial charge >= 0.3 is 0 Å². The molecule has 0 aromatic carbocycles. The summed E-state index contributed by atoms with van der Waals surface area (Å²) < 4.78 is 0. The van der Waals surface area contributed by atoms with Crippen molar-refractivity contribution in [3.63, 3.8) is 0 Å². The molecular formula is C27H44O. The smallest absolute Gasteiger partial charge is 0.0577 e. The zero-order chi connectivity index (χ0) is 20.1. The average Bonchev–Trinajstić information content (AvgIpc) is 2.99. The van der Waals surface area contributed by atoms with Gasteiger partial charge in [-0.1, -0.05) is 58.4 Å². The third-order valence-electron chi connectivity index (χ3n) is 9.83. The molecule has 0 bridgehead atoms. The Morgan fingerprint density at radius 1 is 1.07 bits per heavy atom. The minimum Gasteiger partial charge on any atom is -0.393 e. The van der Waals surface area contributed by atoms with Crippen molar-refractivity contribution in [2.24, 2.45) is 46.3 Å². The molecule has 0 amide bonds. The lowest BCUT2D eigenvalue weighted by Gasteiger charge is -2.58. The van der Waals surface area contributed by atoms with Gasteiger partial charge in [-0.05, 0) is 104 Å². The van der Waals surface area contributed by atoms with Gasteiger partial charge in [0, 0.05) is 0 Å². The van der Waals surface area contributed by atoms with Gasteiger partial charge in [0.25, 0.3) is 0 Å². The van der Waals surface area contributed by atoms with Gasteiger partial charge in [-0.2, -0.15) is 0 Å². The van der Waals surface area contributed by atoms with Crippen molar-refractivity contribution in [2.45, 2.75) is 98.5 Å². The van der Waals surface area contributed by atoms with Gasteiger partial charge in [0.15, 0.2) is 0 Å². The normalized spacial score (nSPS) is 46.8. The summed E-state index contributed by atoms with van der Waals surface area (Å²) in [4.78, 5) is 0. The molecule has 0 aromatic heterocycles. The van der Waals surface area contributed by atoms with Gasteiger partial charge in [-0.25, -0.2) is 0 Å². The van der Waals surface area contributed by atoms with E-state index in [2.05, 4.69) is 52.8 Å². The van der Waals surface area contributed by atoms with Gasteiger partial charge in [0.05, 0.1) is 6.10 Å². The maximum atomic E-state index is 10.2. The third kappa shape index (κ3) is 3.34. The Kier molecular flexibility index (Phi) is 5.62. The molecule has 3 fully saturated rings. The van der Waals surface area contributed by atoms with Crippen molar-refractivity contribution in [1.29, 1.82) is 0 Å². The number of rotatable bonds is 4. The zero-order valence-corrected chi connectivity index (χ0v) is 19.1. The minimum absolute atomic E-state index is 0.0842. The maximum absolute atomic E-state index is 10.2. The molecule has 0 aromatic rings. The van der Waals surface area contributed by atoms with E-state index in [0.717, 1.165) is 48.3 Å². The highest BCUT2D eigenvalue weighted by molar-refractivity contribution is 5.25. The molecule has 1 N–H and O–H groups in total. The first kappa shape index (κ1) is 20.7. The second-order valence-corrected chi connectivity index (χ2v) is 11.8. The number of hydrogen-bond acceptors (Lipinski definition) is 1. The van der Waals surface area contributed by atoms with Crippen LogP contribution < -0.4 is 0 Å². The number of allylic oxidation sites excluding steroid dienone is 3. The van der Waals surface area contributed by atoms with E-state index in [9.17, 15) is 5.11 Å². The molecule has 1 nitrogen and oxygen atoms in total. The zero-order valence-electron chi connectivity index (χ0n) is 19.1. The molecule has 0 spiro atoms. The second-order valence-electron chi connectivity index (χ2n) is 11.8. The van der Waals surface area contributed by atoms with Crippen LogP contribution in [0.1, 0.15) is 92.4 Å². The SMILES string of the molecule is CC(C)CC=C[C@H](C)[C@H]1CC[C@H]2[C@@H]3CC=C4C[C@@H](O)CC[C@]4(C)[C@H]3CC[C@]12C. The second kappa shape index (κ2) is 7.60. The van der Waals surface area contributed by atoms with E-state index >= 15 is 0 Å². The van der Waals surface area contributed by atoms with Crippen LogP contribution in [-0.4, -0.2) is 11.2 Å². The molecule has 3 saturated carbocycles. The molecule has 0 unspecified atom stereocenters. The van der Waals surface area contributed by atoms with Crippen LogP contribution in [0.2, 0.25) is 0 Å². The van der Waals surface area contributed by atoms with Crippen LogP contribution in [0.3, 0.4) is 0 Å². The first-order valence-electron chi connectivity index (χ1n) is 12.3. The first-order valence-corrected chi connectivity index (χ1v) is 12.3. The van der Waals surface area contributed by atoms with Crippen LogP contribution in [0.4, 0.5) is 0 Å². The summed E-state index contributed by atoms with van der Waals surface area (Å²) in [5, 5.41) is 10.2. The van der Waals surface area contributed by atoms with E-state index in [4.69, 9.17) is 0 Å². The van der Waals surface area contributed by atoms with E-state index < -0.39 is 0 Å². The fourth-order valence-electron chi connectivity index (χ4n) is 8.25. The highest BCUT2D eigenvalue weighted by Crippen LogP contribution is 2.67. The largest absolute Gasteiger partial charge is 0.393 e. The summed E-state index contributed by atoms with van der Waals surface area (Å²) in [6.07, 6.45) is 18.9. The summed E-state index contributed by atoms with van der Waals surface area (Å²) in [6.45, 7) is 12.3. The summed E-state index contributed by atoms with van der Waals surface area (Å²) in [7, 11) is 0. The summed E-state index contributed by atoms with van der Waals surface area (Å²) >= 11 is 0. The molecule has 0 heterocycles. The van der Waals surface area contributed by atoms with E-state index in [1.54, 1.807) is 5.57 Å². The van der Waals surface area contributed by atoms with E-state index in [-0.39, 0.29) is 6.10 Å². The van der Waals surface area contributed by atoms with Gasteiger partial charge in [-0.3, -0.25) is 0 Å². The Morgan fingerprint density at radius 2 is 1.86 bits per heavy atom. The molecule has 8 atom stereocenters. The van der Waals surface area contributed by atoms with Crippen LogP contribution in [0, 0.1) is 46.3 Å². The van der Waals surface area contributed by atoms with Crippen LogP contribution in [0.15, 0.2) is 23.8 Å². The van der Waals surface area contributed by atoms with Crippen molar-refractivity contribution in [1.82, 2.24) is 0 Å². The van der Waals surface area contributed by atoms with E-state index in [0.29, 0.717) is 10.8 Å². The first-order chi connectivity index (χ1) is 13.3. The van der Waals surface area contributed by atoms with Crippen LogP contribution in [0.25, 0.3) is 0 Å². The third-order valence-corrected chi connectivity index (χ3v) is 9.83. The van der Waals surface area contributed by atoms with Crippen LogP contribution in [0.5, 0.6) is 0 Å². The lowest BCUT2D eigenvalue weighted by molar-refractivity contribution is -0.0540. The Balaban J connectivity index is 1.53. The Labute approximate surface area is 174 Å². The van der Waals surface area contributed by atoms with Gasteiger partial charge in [0.2, 0.25) is 0 Å². The van der Waals surface area contributed by atoms with Crippen molar-refractivity contribution in [3.8, 4) is 0 Å². The molecule has 0 radical (unpaired) electrons. The van der Waals surface area contributed by atoms with Gasteiger partial charge in [-0.15, -0.1) is 0 Å². The molecule has 4 aliphatic carbocycles. The van der Waals surface area contributed by atoms with Crippen molar-refractivity contribution < 1.29 is 5.11 Å². The Morgan fingerprint density at radius 3 is 2.61 bits per heavy atom. The van der Waals surface area contributed by atoms with Crippen molar-refractivity contribution in [3.05, 3.63) is 23.8 Å². The number of aliphatic hydroxyl groups is 1. The molecule has 4 rings (SSSR count). The fourth-order valence-corrected chi connectivity index (χ4v) is 8.25. The monoisotopic (exact) mass is 384 g/mol. The number of fused-ring (bicyclic) bond motifs is 5. The summed E-state index contributed by atoms with van der Waals surface area (Å²) in [5.41, 5.74) is 2.53. The molecule has 28 heavy (non-hydrogen) atoms. The maximum Gasteiger partial charge on any atom is 0.0577 e. The molecule has 0 aliphatic heterocycles. The Hall–Kier alpha value is -0.560. The Bertz CT molecular complexity index is 630. The van der Waals surface area contributed by atoms with Crippen LogP contribution >= 0.6 is 0 Å². The van der Waals surface area contributed by atoms with Gasteiger partial charge < -0.3 is 5.11 Å². The van der Waals surface area contributed by atoms with Crippen molar-refractivity contribution in [2.75, 3.05) is 0 Å². The average molecular weight is 385 g/mol. The molecule has 158 valence electrons. The topological polar surface area (TPSA) is 20.2 Å². The highest BCUT2D eigenvalue weighted by Gasteiger charge is 2.58. The highest BCUT2D eigenvalue weighted by atomic mass is 16.3.